The second-order valence-corrected chi connectivity index (χ2v) is 5.13. The summed E-state index contributed by atoms with van der Waals surface area (Å²) in [6, 6.07) is 1.45. The molecule has 3 N–H and O–H groups in total. The summed E-state index contributed by atoms with van der Waals surface area (Å²) in [4.78, 5) is 26.2. The Hall–Kier alpha value is -1.30. The monoisotopic (exact) mass is 299 g/mol. The summed E-state index contributed by atoms with van der Waals surface area (Å²) >= 11 is 3.25. The van der Waals surface area contributed by atoms with E-state index in [1.165, 1.54) is 0 Å². The van der Waals surface area contributed by atoms with Crippen LogP contribution in [0.25, 0.3) is 0 Å². The number of rotatable bonds is 4. The highest BCUT2D eigenvalue weighted by atomic mass is 79.9. The van der Waals surface area contributed by atoms with Gasteiger partial charge in [0.05, 0.1) is 0 Å². The minimum atomic E-state index is -0.523. The van der Waals surface area contributed by atoms with Crippen LogP contribution in [0.1, 0.15) is 30.3 Å². The van der Waals surface area contributed by atoms with Crippen molar-refractivity contribution in [3.05, 3.63) is 22.4 Å². The summed E-state index contributed by atoms with van der Waals surface area (Å²) in [5.74, 6) is -0.416. The Labute approximate surface area is 107 Å². The number of hydrogen-bond acceptors (Lipinski definition) is 2. The molecule has 1 fully saturated rings. The van der Waals surface area contributed by atoms with Gasteiger partial charge in [0.25, 0.3) is 5.91 Å². The van der Waals surface area contributed by atoms with Crippen molar-refractivity contribution in [3.8, 4) is 0 Å². The van der Waals surface area contributed by atoms with E-state index in [0.29, 0.717) is 11.7 Å². The maximum atomic E-state index is 11.7. The number of amides is 2. The predicted molar refractivity (Wildman–Crippen MR) is 66.6 cm³/mol. The van der Waals surface area contributed by atoms with E-state index in [1.807, 2.05) is 0 Å². The fourth-order valence-electron chi connectivity index (χ4n) is 1.39. The number of aromatic amines is 1. The molecular formula is C11H14BrN3O2. The summed E-state index contributed by atoms with van der Waals surface area (Å²) in [5.41, 5.74) is 0.433. The van der Waals surface area contributed by atoms with Gasteiger partial charge in [-0.1, -0.05) is 0 Å². The minimum absolute atomic E-state index is 0.133. The normalized spacial score (nSPS) is 16.4. The molecule has 0 aliphatic heterocycles. The second kappa shape index (κ2) is 4.91. The van der Waals surface area contributed by atoms with Crippen molar-refractivity contribution in [2.24, 2.45) is 0 Å². The van der Waals surface area contributed by atoms with E-state index in [-0.39, 0.29) is 11.8 Å². The molecule has 1 aromatic rings. The Morgan fingerprint density at radius 2 is 2.24 bits per heavy atom. The van der Waals surface area contributed by atoms with E-state index in [0.717, 1.165) is 17.3 Å². The summed E-state index contributed by atoms with van der Waals surface area (Å²) < 4.78 is 0.803. The summed E-state index contributed by atoms with van der Waals surface area (Å²) in [5, 5.41) is 5.48. The Morgan fingerprint density at radius 3 is 2.76 bits per heavy atom. The molecule has 6 heteroatoms. The van der Waals surface area contributed by atoms with Crippen molar-refractivity contribution < 1.29 is 9.59 Å². The highest BCUT2D eigenvalue weighted by Crippen LogP contribution is 2.18. The minimum Gasteiger partial charge on any atom is -0.356 e. The first-order valence-corrected chi connectivity index (χ1v) is 6.30. The maximum absolute atomic E-state index is 11.7. The molecule has 1 aliphatic rings. The third-order valence-corrected chi connectivity index (χ3v) is 3.01. The number of halogens is 1. The van der Waals surface area contributed by atoms with Gasteiger partial charge >= 0.3 is 0 Å². The lowest BCUT2D eigenvalue weighted by Crippen LogP contribution is -2.45. The van der Waals surface area contributed by atoms with Crippen molar-refractivity contribution in [3.63, 3.8) is 0 Å². The van der Waals surface area contributed by atoms with Crippen LogP contribution < -0.4 is 10.6 Å². The fraction of sp³-hybridized carbons (Fsp3) is 0.455. The Balaban J connectivity index is 1.86. The van der Waals surface area contributed by atoms with E-state index >= 15 is 0 Å². The third kappa shape index (κ3) is 3.33. The van der Waals surface area contributed by atoms with Gasteiger partial charge in [-0.3, -0.25) is 9.59 Å². The molecule has 1 aromatic heterocycles. The van der Waals surface area contributed by atoms with Crippen molar-refractivity contribution in [2.45, 2.75) is 31.8 Å². The first-order chi connectivity index (χ1) is 8.06. The summed E-state index contributed by atoms with van der Waals surface area (Å²) in [6.45, 7) is 1.67. The van der Waals surface area contributed by atoms with Crippen molar-refractivity contribution in [1.29, 1.82) is 0 Å². The molecule has 0 radical (unpaired) electrons. The summed E-state index contributed by atoms with van der Waals surface area (Å²) in [7, 11) is 0. The van der Waals surface area contributed by atoms with Crippen molar-refractivity contribution in [1.82, 2.24) is 15.6 Å². The zero-order valence-corrected chi connectivity index (χ0v) is 11.0. The molecule has 2 amide bonds. The van der Waals surface area contributed by atoms with E-state index in [1.54, 1.807) is 19.2 Å². The highest BCUT2D eigenvalue weighted by molar-refractivity contribution is 9.10. The van der Waals surface area contributed by atoms with Gasteiger partial charge in [-0.25, -0.2) is 0 Å². The molecule has 0 saturated heterocycles. The smallest absolute Gasteiger partial charge is 0.268 e. The molecule has 1 unspecified atom stereocenters. The number of carbonyl (C=O) groups excluding carboxylic acids is 2. The van der Waals surface area contributed by atoms with E-state index < -0.39 is 6.04 Å². The van der Waals surface area contributed by atoms with Gasteiger partial charge in [0.1, 0.15) is 11.7 Å². The van der Waals surface area contributed by atoms with Crippen LogP contribution in [0.3, 0.4) is 0 Å². The SMILES string of the molecule is CC(NC(=O)c1cc(Br)c[nH]1)C(=O)NC1CC1. The van der Waals surface area contributed by atoms with Gasteiger partial charge in [-0.05, 0) is 41.8 Å². The van der Waals surface area contributed by atoms with Gasteiger partial charge in [-0.15, -0.1) is 0 Å². The largest absolute Gasteiger partial charge is 0.356 e. The first kappa shape index (κ1) is 12.2. The lowest BCUT2D eigenvalue weighted by atomic mass is 10.3. The third-order valence-electron chi connectivity index (χ3n) is 2.56. The number of hydrogen-bond donors (Lipinski definition) is 3. The van der Waals surface area contributed by atoms with Crippen LogP contribution >= 0.6 is 15.9 Å². The molecule has 0 spiro atoms. The fourth-order valence-corrected chi connectivity index (χ4v) is 1.74. The quantitative estimate of drug-likeness (QED) is 0.781. The van der Waals surface area contributed by atoms with Crippen molar-refractivity contribution in [2.75, 3.05) is 0 Å². The number of nitrogens with one attached hydrogen (secondary N) is 3. The van der Waals surface area contributed by atoms with Crippen LogP contribution in [0.5, 0.6) is 0 Å². The molecule has 5 nitrogen and oxygen atoms in total. The molecule has 0 aromatic carbocycles. The van der Waals surface area contributed by atoms with Gasteiger partial charge in [-0.2, -0.15) is 0 Å². The average molecular weight is 300 g/mol. The van der Waals surface area contributed by atoms with E-state index in [9.17, 15) is 9.59 Å². The number of aromatic nitrogens is 1. The molecule has 1 aliphatic carbocycles. The Bertz CT molecular complexity index is 440. The molecule has 1 heterocycles. The number of H-pyrrole nitrogens is 1. The standard InChI is InChI=1S/C11H14BrN3O2/c1-6(10(16)15-8-2-3-8)14-11(17)9-4-7(12)5-13-9/h4-6,8,13H,2-3H2,1H3,(H,14,17)(H,15,16). The lowest BCUT2D eigenvalue weighted by molar-refractivity contribution is -0.122. The van der Waals surface area contributed by atoms with Crippen LogP contribution in [-0.2, 0) is 4.79 Å². The molecule has 1 saturated carbocycles. The lowest BCUT2D eigenvalue weighted by Gasteiger charge is -2.13. The Kier molecular flexibility index (Phi) is 3.51. The van der Waals surface area contributed by atoms with Crippen LogP contribution in [0.2, 0.25) is 0 Å². The van der Waals surface area contributed by atoms with Crippen LogP contribution in [0.4, 0.5) is 0 Å². The van der Waals surface area contributed by atoms with Gasteiger partial charge in [0.2, 0.25) is 5.91 Å². The molecule has 17 heavy (non-hydrogen) atoms. The summed E-state index contributed by atoms with van der Waals surface area (Å²) in [6.07, 6.45) is 3.75. The van der Waals surface area contributed by atoms with Crippen molar-refractivity contribution >= 4 is 27.7 Å². The molecule has 0 bridgehead atoms. The van der Waals surface area contributed by atoms with Gasteiger partial charge in [0.15, 0.2) is 0 Å². The van der Waals surface area contributed by atoms with Gasteiger partial charge in [0, 0.05) is 16.7 Å². The predicted octanol–water partition coefficient (Wildman–Crippen LogP) is 1.17. The van der Waals surface area contributed by atoms with E-state index in [2.05, 4.69) is 31.5 Å². The van der Waals surface area contributed by atoms with E-state index in [4.69, 9.17) is 0 Å². The highest BCUT2D eigenvalue weighted by Gasteiger charge is 2.26. The average Bonchev–Trinajstić information content (AvgIpc) is 2.97. The second-order valence-electron chi connectivity index (χ2n) is 4.21. The number of carbonyl (C=O) groups is 2. The van der Waals surface area contributed by atoms with Gasteiger partial charge < -0.3 is 15.6 Å². The maximum Gasteiger partial charge on any atom is 0.268 e. The first-order valence-electron chi connectivity index (χ1n) is 5.51. The van der Waals surface area contributed by atoms with Crippen LogP contribution in [0, 0.1) is 0 Å². The van der Waals surface area contributed by atoms with Crippen LogP contribution in [-0.4, -0.2) is 28.9 Å². The zero-order chi connectivity index (χ0) is 12.4. The molecular weight excluding hydrogens is 286 g/mol. The Morgan fingerprint density at radius 1 is 1.53 bits per heavy atom. The molecule has 2 rings (SSSR count). The molecule has 1 atom stereocenters. The van der Waals surface area contributed by atoms with Crippen LogP contribution in [0.15, 0.2) is 16.7 Å². The zero-order valence-electron chi connectivity index (χ0n) is 9.42. The molecule has 92 valence electrons. The topological polar surface area (TPSA) is 74.0 Å².